The van der Waals surface area contributed by atoms with Gasteiger partial charge in [-0.2, -0.15) is 0 Å². The molecule has 0 aliphatic heterocycles. The number of hydrogen-bond donors (Lipinski definition) is 2. The fourth-order valence-electron chi connectivity index (χ4n) is 0.940. The molecule has 0 radical (unpaired) electrons. The molecular formula is C8H17N3O2. The van der Waals surface area contributed by atoms with Crippen LogP contribution in [0.1, 0.15) is 20.8 Å². The average molecular weight is 187 g/mol. The van der Waals surface area contributed by atoms with Gasteiger partial charge in [-0.25, -0.2) is 4.79 Å². The molecule has 0 aliphatic rings. The Morgan fingerprint density at radius 3 is 1.92 bits per heavy atom. The normalized spacial score (nSPS) is 12.6. The molecule has 0 aliphatic carbocycles. The minimum absolute atomic E-state index is 0.0145. The molecule has 5 heteroatoms. The van der Waals surface area contributed by atoms with Gasteiger partial charge in [-0.3, -0.25) is 4.79 Å². The molecule has 3 amide bonds. The molecule has 0 aromatic carbocycles. The van der Waals surface area contributed by atoms with E-state index in [2.05, 4.69) is 0 Å². The van der Waals surface area contributed by atoms with Crippen LogP contribution in [0.5, 0.6) is 0 Å². The summed E-state index contributed by atoms with van der Waals surface area (Å²) < 4.78 is 0. The fraction of sp³-hybridized carbons (Fsp3) is 0.750. The molecule has 0 saturated heterocycles. The molecule has 0 rings (SSSR count). The molecule has 76 valence electrons. The summed E-state index contributed by atoms with van der Waals surface area (Å²) in [6.07, 6.45) is 0. The summed E-state index contributed by atoms with van der Waals surface area (Å²) in [5.41, 5.74) is 10.2. The molecule has 0 aromatic heterocycles. The average Bonchev–Trinajstić information content (AvgIpc) is 1.97. The zero-order valence-electron chi connectivity index (χ0n) is 8.28. The number of primary amides is 2. The molecule has 0 fully saturated rings. The van der Waals surface area contributed by atoms with Gasteiger partial charge in [0.15, 0.2) is 0 Å². The lowest BCUT2D eigenvalue weighted by atomic mass is 10.1. The molecule has 0 saturated carbocycles. The summed E-state index contributed by atoms with van der Waals surface area (Å²) in [7, 11) is 0. The Hall–Kier alpha value is -1.26. The Bertz CT molecular complexity index is 204. The number of carbonyl (C=O) groups is 2. The van der Waals surface area contributed by atoms with Crippen molar-refractivity contribution in [2.45, 2.75) is 26.8 Å². The van der Waals surface area contributed by atoms with Gasteiger partial charge >= 0.3 is 6.03 Å². The van der Waals surface area contributed by atoms with Crippen molar-refractivity contribution >= 4 is 11.9 Å². The Morgan fingerprint density at radius 2 is 1.69 bits per heavy atom. The Balaban J connectivity index is 4.27. The van der Waals surface area contributed by atoms with Crippen molar-refractivity contribution < 1.29 is 9.59 Å². The van der Waals surface area contributed by atoms with Crippen LogP contribution in [0.25, 0.3) is 0 Å². The Kier molecular flexibility index (Phi) is 4.23. The van der Waals surface area contributed by atoms with E-state index in [0.717, 1.165) is 0 Å². The molecule has 4 N–H and O–H groups in total. The standard InChI is InChI=1S/C8H17N3O2/c1-5(2)11(8(10)13)4-6(3)7(9)12/h5-6H,4H2,1-3H3,(H2,9,12)(H2,10,13). The second-order valence-electron chi connectivity index (χ2n) is 3.39. The number of urea groups is 1. The Labute approximate surface area is 78.1 Å². The predicted octanol–water partition coefficient (Wildman–Crippen LogP) is -0.103. The summed E-state index contributed by atoms with van der Waals surface area (Å²) >= 11 is 0. The quantitative estimate of drug-likeness (QED) is 0.643. The lowest BCUT2D eigenvalue weighted by Gasteiger charge is -2.26. The third-order valence-electron chi connectivity index (χ3n) is 1.86. The summed E-state index contributed by atoms with van der Waals surface area (Å²) in [6.45, 7) is 5.61. The second-order valence-corrected chi connectivity index (χ2v) is 3.39. The molecule has 0 spiro atoms. The van der Waals surface area contributed by atoms with Crippen LogP contribution in [0, 0.1) is 5.92 Å². The first-order valence-corrected chi connectivity index (χ1v) is 4.21. The zero-order valence-corrected chi connectivity index (χ0v) is 8.28. The first kappa shape index (κ1) is 11.7. The van der Waals surface area contributed by atoms with Crippen LogP contribution in [0.2, 0.25) is 0 Å². The van der Waals surface area contributed by atoms with Gasteiger partial charge in [0.1, 0.15) is 0 Å². The molecular weight excluding hydrogens is 170 g/mol. The van der Waals surface area contributed by atoms with Gasteiger partial charge in [0.25, 0.3) is 0 Å². The van der Waals surface area contributed by atoms with Gasteiger partial charge in [-0.05, 0) is 13.8 Å². The molecule has 0 aromatic rings. The highest BCUT2D eigenvalue weighted by molar-refractivity contribution is 5.78. The summed E-state index contributed by atoms with van der Waals surface area (Å²) in [5.74, 6) is -0.790. The SMILES string of the molecule is CC(CN(C(N)=O)C(C)C)C(N)=O. The predicted molar refractivity (Wildman–Crippen MR) is 49.8 cm³/mol. The van der Waals surface area contributed by atoms with Gasteiger partial charge in [0, 0.05) is 12.6 Å². The number of carbonyl (C=O) groups excluding carboxylic acids is 2. The maximum Gasteiger partial charge on any atom is 0.315 e. The largest absolute Gasteiger partial charge is 0.369 e. The maximum absolute atomic E-state index is 10.9. The number of nitrogens with two attached hydrogens (primary N) is 2. The van der Waals surface area contributed by atoms with Crippen molar-refractivity contribution in [3.63, 3.8) is 0 Å². The maximum atomic E-state index is 10.9. The minimum atomic E-state index is -0.525. The van der Waals surface area contributed by atoms with E-state index in [1.54, 1.807) is 6.92 Å². The van der Waals surface area contributed by atoms with Gasteiger partial charge in [0.05, 0.1) is 5.92 Å². The van der Waals surface area contributed by atoms with Crippen LogP contribution in [-0.4, -0.2) is 29.4 Å². The van der Waals surface area contributed by atoms with Crippen molar-refractivity contribution in [2.24, 2.45) is 17.4 Å². The third kappa shape index (κ3) is 3.78. The molecule has 0 heterocycles. The van der Waals surface area contributed by atoms with Crippen molar-refractivity contribution in [2.75, 3.05) is 6.54 Å². The van der Waals surface area contributed by atoms with E-state index in [4.69, 9.17) is 11.5 Å². The van der Waals surface area contributed by atoms with Crippen molar-refractivity contribution in [3.05, 3.63) is 0 Å². The van der Waals surface area contributed by atoms with E-state index < -0.39 is 11.9 Å². The van der Waals surface area contributed by atoms with Crippen LogP contribution < -0.4 is 11.5 Å². The summed E-state index contributed by atoms with van der Waals surface area (Å²) in [4.78, 5) is 23.0. The highest BCUT2D eigenvalue weighted by Crippen LogP contribution is 2.03. The van der Waals surface area contributed by atoms with Gasteiger partial charge < -0.3 is 16.4 Å². The molecule has 1 unspecified atom stereocenters. The topological polar surface area (TPSA) is 89.4 Å². The number of hydrogen-bond acceptors (Lipinski definition) is 2. The molecule has 13 heavy (non-hydrogen) atoms. The monoisotopic (exact) mass is 187 g/mol. The van der Waals surface area contributed by atoms with Crippen molar-refractivity contribution in [3.8, 4) is 0 Å². The van der Waals surface area contributed by atoms with Crippen molar-refractivity contribution in [1.82, 2.24) is 4.90 Å². The first-order valence-electron chi connectivity index (χ1n) is 4.21. The van der Waals surface area contributed by atoms with E-state index >= 15 is 0 Å². The minimum Gasteiger partial charge on any atom is -0.369 e. The van der Waals surface area contributed by atoms with E-state index in [1.807, 2.05) is 13.8 Å². The lowest BCUT2D eigenvalue weighted by molar-refractivity contribution is -0.121. The highest BCUT2D eigenvalue weighted by Gasteiger charge is 2.19. The number of nitrogens with zero attached hydrogens (tertiary/aromatic N) is 1. The van der Waals surface area contributed by atoms with E-state index in [0.29, 0.717) is 0 Å². The summed E-state index contributed by atoms with van der Waals surface area (Å²) in [5, 5.41) is 0. The molecule has 1 atom stereocenters. The second kappa shape index (κ2) is 4.69. The van der Waals surface area contributed by atoms with Crippen LogP contribution in [0.4, 0.5) is 4.79 Å². The van der Waals surface area contributed by atoms with Crippen LogP contribution >= 0.6 is 0 Å². The van der Waals surface area contributed by atoms with Crippen LogP contribution in [0.15, 0.2) is 0 Å². The van der Waals surface area contributed by atoms with Gasteiger partial charge in [-0.15, -0.1) is 0 Å². The first-order chi connectivity index (χ1) is 5.86. The number of rotatable bonds is 4. The van der Waals surface area contributed by atoms with E-state index in [1.165, 1.54) is 4.90 Å². The smallest absolute Gasteiger partial charge is 0.315 e. The Morgan fingerprint density at radius 1 is 1.23 bits per heavy atom. The van der Waals surface area contributed by atoms with Crippen LogP contribution in [0.3, 0.4) is 0 Å². The fourth-order valence-corrected chi connectivity index (χ4v) is 0.940. The zero-order chi connectivity index (χ0) is 10.6. The van der Waals surface area contributed by atoms with Crippen LogP contribution in [-0.2, 0) is 4.79 Å². The summed E-state index contributed by atoms with van der Waals surface area (Å²) in [6, 6.07) is -0.539. The number of amides is 3. The van der Waals surface area contributed by atoms with E-state index in [-0.39, 0.29) is 18.5 Å². The van der Waals surface area contributed by atoms with E-state index in [9.17, 15) is 9.59 Å². The van der Waals surface area contributed by atoms with Gasteiger partial charge in [-0.1, -0.05) is 6.92 Å². The van der Waals surface area contributed by atoms with Crippen molar-refractivity contribution in [1.29, 1.82) is 0 Å². The molecule has 0 bridgehead atoms. The molecule has 5 nitrogen and oxygen atoms in total. The third-order valence-corrected chi connectivity index (χ3v) is 1.86. The highest BCUT2D eigenvalue weighted by atomic mass is 16.2. The van der Waals surface area contributed by atoms with Gasteiger partial charge in [0.2, 0.25) is 5.91 Å². The lowest BCUT2D eigenvalue weighted by Crippen LogP contribution is -2.45.